The Bertz CT molecular complexity index is 447. The van der Waals surface area contributed by atoms with Crippen molar-refractivity contribution >= 4 is 11.6 Å². The molecule has 1 amide bonds. The van der Waals surface area contributed by atoms with E-state index in [1.165, 1.54) is 0 Å². The summed E-state index contributed by atoms with van der Waals surface area (Å²) in [5.74, 6) is 0.690. The van der Waals surface area contributed by atoms with Gasteiger partial charge in [0.05, 0.1) is 12.6 Å². The predicted octanol–water partition coefficient (Wildman–Crippen LogP) is 1.94. The Morgan fingerprint density at radius 2 is 2.10 bits per heavy atom. The van der Waals surface area contributed by atoms with E-state index in [4.69, 9.17) is 10.5 Å². The van der Waals surface area contributed by atoms with Gasteiger partial charge < -0.3 is 20.7 Å². The molecule has 1 aromatic rings. The third kappa shape index (κ3) is 6.60. The molecule has 1 rings (SSSR count). The van der Waals surface area contributed by atoms with Crippen LogP contribution in [-0.4, -0.2) is 44.1 Å². The van der Waals surface area contributed by atoms with E-state index in [2.05, 4.69) is 10.2 Å². The molecular weight excluding hydrogens is 266 g/mol. The number of nitrogens with zero attached hydrogens (tertiary/aromatic N) is 1. The van der Waals surface area contributed by atoms with Gasteiger partial charge in [-0.05, 0) is 38.6 Å². The fourth-order valence-corrected chi connectivity index (χ4v) is 1.76. The molecule has 0 aliphatic carbocycles. The first kappa shape index (κ1) is 17.5. The first-order valence-electron chi connectivity index (χ1n) is 7.34. The van der Waals surface area contributed by atoms with Crippen molar-refractivity contribution < 1.29 is 9.53 Å². The maximum Gasteiger partial charge on any atom is 0.241 e. The number of anilines is 1. The van der Waals surface area contributed by atoms with Crippen LogP contribution in [0.25, 0.3) is 0 Å². The first-order valence-corrected chi connectivity index (χ1v) is 7.34. The van der Waals surface area contributed by atoms with Crippen LogP contribution in [0.5, 0.6) is 5.75 Å². The van der Waals surface area contributed by atoms with Crippen LogP contribution >= 0.6 is 0 Å². The quantitative estimate of drug-likeness (QED) is 0.719. The van der Waals surface area contributed by atoms with Crippen LogP contribution in [0.3, 0.4) is 0 Å². The van der Waals surface area contributed by atoms with Crippen LogP contribution < -0.4 is 15.8 Å². The number of amides is 1. The smallest absolute Gasteiger partial charge is 0.241 e. The zero-order chi connectivity index (χ0) is 15.8. The van der Waals surface area contributed by atoms with Crippen LogP contribution in [0.4, 0.5) is 5.69 Å². The summed E-state index contributed by atoms with van der Waals surface area (Å²) in [7, 11) is 4.07. The van der Waals surface area contributed by atoms with E-state index in [1.54, 1.807) is 0 Å². The van der Waals surface area contributed by atoms with Crippen molar-refractivity contribution in [2.75, 3.05) is 32.6 Å². The molecule has 3 N–H and O–H groups in total. The number of hydrogen-bond acceptors (Lipinski definition) is 4. The zero-order valence-electron chi connectivity index (χ0n) is 13.4. The van der Waals surface area contributed by atoms with Gasteiger partial charge in [-0.1, -0.05) is 19.9 Å². The van der Waals surface area contributed by atoms with Gasteiger partial charge in [-0.3, -0.25) is 4.79 Å². The number of nitrogens with one attached hydrogen (secondary N) is 1. The van der Waals surface area contributed by atoms with Crippen molar-refractivity contribution in [2.24, 2.45) is 11.7 Å². The van der Waals surface area contributed by atoms with Crippen LogP contribution in [0.2, 0.25) is 0 Å². The summed E-state index contributed by atoms with van der Waals surface area (Å²) in [4.78, 5) is 14.0. The molecule has 0 saturated carbocycles. The predicted molar refractivity (Wildman–Crippen MR) is 86.6 cm³/mol. The average molecular weight is 293 g/mol. The van der Waals surface area contributed by atoms with Crippen molar-refractivity contribution in [1.82, 2.24) is 4.90 Å². The number of ether oxygens (including phenoxy) is 1. The SMILES string of the molecule is CC(C)[C@H](N)C(=O)Nc1cccc(OCCCN(C)C)c1. The molecule has 0 unspecified atom stereocenters. The lowest BCUT2D eigenvalue weighted by Gasteiger charge is -2.16. The Labute approximate surface area is 127 Å². The Balaban J connectivity index is 2.50. The number of nitrogens with two attached hydrogens (primary N) is 1. The van der Waals surface area contributed by atoms with Gasteiger partial charge in [0.15, 0.2) is 0 Å². The summed E-state index contributed by atoms with van der Waals surface area (Å²) in [6.45, 7) is 5.49. The third-order valence-corrected chi connectivity index (χ3v) is 3.14. The Kier molecular flexibility index (Phi) is 7.19. The number of hydrogen-bond donors (Lipinski definition) is 2. The summed E-state index contributed by atoms with van der Waals surface area (Å²) in [5.41, 5.74) is 6.53. The summed E-state index contributed by atoms with van der Waals surface area (Å²) >= 11 is 0. The second kappa shape index (κ2) is 8.64. The monoisotopic (exact) mass is 293 g/mol. The summed E-state index contributed by atoms with van der Waals surface area (Å²) in [5, 5.41) is 2.82. The molecule has 0 heterocycles. The molecule has 0 aliphatic rings. The molecule has 0 aromatic heterocycles. The van der Waals surface area contributed by atoms with Crippen molar-refractivity contribution in [2.45, 2.75) is 26.3 Å². The normalized spacial score (nSPS) is 12.5. The molecule has 0 spiro atoms. The Morgan fingerprint density at radius 3 is 2.71 bits per heavy atom. The molecule has 0 bridgehead atoms. The Hall–Kier alpha value is -1.59. The molecular formula is C16H27N3O2. The van der Waals surface area contributed by atoms with E-state index in [1.807, 2.05) is 52.2 Å². The van der Waals surface area contributed by atoms with Gasteiger partial charge in [0.25, 0.3) is 0 Å². The molecule has 118 valence electrons. The lowest BCUT2D eigenvalue weighted by atomic mass is 10.0. The standard InChI is InChI=1S/C16H27N3O2/c1-12(2)15(17)16(20)18-13-7-5-8-14(11-13)21-10-6-9-19(3)4/h5,7-8,11-12,15H,6,9-10,17H2,1-4H3,(H,18,20)/t15-/m0/s1. The summed E-state index contributed by atoms with van der Waals surface area (Å²) in [6, 6.07) is 6.89. The highest BCUT2D eigenvalue weighted by Crippen LogP contribution is 2.18. The summed E-state index contributed by atoms with van der Waals surface area (Å²) in [6.07, 6.45) is 0.960. The minimum absolute atomic E-state index is 0.107. The van der Waals surface area contributed by atoms with E-state index < -0.39 is 6.04 Å². The van der Waals surface area contributed by atoms with Crippen molar-refractivity contribution in [3.8, 4) is 5.75 Å². The van der Waals surface area contributed by atoms with Crippen LogP contribution in [0, 0.1) is 5.92 Å². The topological polar surface area (TPSA) is 67.6 Å². The molecule has 5 heteroatoms. The fourth-order valence-electron chi connectivity index (χ4n) is 1.76. The van der Waals surface area contributed by atoms with Gasteiger partial charge in [0.2, 0.25) is 5.91 Å². The highest BCUT2D eigenvalue weighted by Gasteiger charge is 2.17. The average Bonchev–Trinajstić information content (AvgIpc) is 2.42. The van der Waals surface area contributed by atoms with Crippen molar-refractivity contribution in [3.63, 3.8) is 0 Å². The van der Waals surface area contributed by atoms with Gasteiger partial charge in [0, 0.05) is 18.3 Å². The minimum Gasteiger partial charge on any atom is -0.493 e. The molecule has 0 radical (unpaired) electrons. The van der Waals surface area contributed by atoms with E-state index in [0.717, 1.165) is 18.7 Å². The number of benzene rings is 1. The van der Waals surface area contributed by atoms with E-state index in [9.17, 15) is 4.79 Å². The molecule has 0 aliphatic heterocycles. The van der Waals surface area contributed by atoms with E-state index >= 15 is 0 Å². The number of carbonyl (C=O) groups excluding carboxylic acids is 1. The highest BCUT2D eigenvalue weighted by atomic mass is 16.5. The van der Waals surface area contributed by atoms with E-state index in [-0.39, 0.29) is 11.8 Å². The fraction of sp³-hybridized carbons (Fsp3) is 0.562. The molecule has 1 aromatic carbocycles. The third-order valence-electron chi connectivity index (χ3n) is 3.14. The number of carbonyl (C=O) groups is 1. The van der Waals surface area contributed by atoms with Gasteiger partial charge in [-0.15, -0.1) is 0 Å². The van der Waals surface area contributed by atoms with Gasteiger partial charge >= 0.3 is 0 Å². The second-order valence-corrected chi connectivity index (χ2v) is 5.79. The van der Waals surface area contributed by atoms with Crippen molar-refractivity contribution in [1.29, 1.82) is 0 Å². The van der Waals surface area contributed by atoms with Crippen LogP contribution in [0.1, 0.15) is 20.3 Å². The van der Waals surface area contributed by atoms with Gasteiger partial charge in [-0.2, -0.15) is 0 Å². The number of rotatable bonds is 8. The Morgan fingerprint density at radius 1 is 1.38 bits per heavy atom. The molecule has 5 nitrogen and oxygen atoms in total. The van der Waals surface area contributed by atoms with E-state index in [0.29, 0.717) is 12.3 Å². The van der Waals surface area contributed by atoms with Gasteiger partial charge in [-0.25, -0.2) is 0 Å². The lowest BCUT2D eigenvalue weighted by molar-refractivity contribution is -0.118. The second-order valence-electron chi connectivity index (χ2n) is 5.79. The van der Waals surface area contributed by atoms with Crippen LogP contribution in [-0.2, 0) is 4.79 Å². The maximum absolute atomic E-state index is 11.9. The summed E-state index contributed by atoms with van der Waals surface area (Å²) < 4.78 is 5.68. The maximum atomic E-state index is 11.9. The van der Waals surface area contributed by atoms with Crippen molar-refractivity contribution in [3.05, 3.63) is 24.3 Å². The molecule has 0 fully saturated rings. The first-order chi connectivity index (χ1) is 9.90. The molecule has 21 heavy (non-hydrogen) atoms. The molecule has 0 saturated heterocycles. The highest BCUT2D eigenvalue weighted by molar-refractivity contribution is 5.94. The largest absolute Gasteiger partial charge is 0.493 e. The van der Waals surface area contributed by atoms with Crippen LogP contribution in [0.15, 0.2) is 24.3 Å². The minimum atomic E-state index is -0.505. The van der Waals surface area contributed by atoms with Gasteiger partial charge in [0.1, 0.15) is 5.75 Å². The molecule has 1 atom stereocenters. The zero-order valence-corrected chi connectivity index (χ0v) is 13.4. The lowest BCUT2D eigenvalue weighted by Crippen LogP contribution is -2.39.